The fraction of sp³-hybridized carbons (Fsp3) is 0.538. The van der Waals surface area contributed by atoms with E-state index in [1.165, 1.54) is 6.07 Å². The van der Waals surface area contributed by atoms with Crippen LogP contribution < -0.4 is 4.90 Å². The first kappa shape index (κ1) is 14.4. The number of aliphatic hydroxyl groups excluding tert-OH is 1. The highest BCUT2D eigenvalue weighted by Gasteiger charge is 2.18. The molecule has 0 saturated heterocycles. The predicted octanol–water partition coefficient (Wildman–Crippen LogP) is 2.57. The zero-order chi connectivity index (χ0) is 13.7. The van der Waals surface area contributed by atoms with E-state index >= 15 is 0 Å². The van der Waals surface area contributed by atoms with E-state index < -0.39 is 0 Å². The normalized spacial score (nSPS) is 12.2. The largest absolute Gasteiger partial charge is 0.392 e. The molecule has 100 valence electrons. The zero-order valence-corrected chi connectivity index (χ0v) is 11.1. The molecule has 0 saturated carbocycles. The minimum Gasteiger partial charge on any atom is -0.392 e. The molecule has 0 aliphatic rings. The van der Waals surface area contributed by atoms with Gasteiger partial charge in [-0.15, -0.1) is 0 Å². The van der Waals surface area contributed by atoms with E-state index in [-0.39, 0.29) is 17.2 Å². The Morgan fingerprint density at radius 1 is 1.50 bits per heavy atom. The number of nitro groups is 1. The van der Waals surface area contributed by atoms with Gasteiger partial charge in [0.1, 0.15) is 5.69 Å². The number of anilines is 1. The Morgan fingerprint density at radius 3 is 2.67 bits per heavy atom. The fourth-order valence-electron chi connectivity index (χ4n) is 1.82. The summed E-state index contributed by atoms with van der Waals surface area (Å²) >= 11 is 0. The van der Waals surface area contributed by atoms with Gasteiger partial charge < -0.3 is 10.0 Å². The molecular weight excluding hydrogens is 232 g/mol. The smallest absolute Gasteiger partial charge is 0.292 e. The summed E-state index contributed by atoms with van der Waals surface area (Å²) in [6.45, 7) is 4.85. The molecule has 1 atom stereocenters. The maximum Gasteiger partial charge on any atom is 0.292 e. The van der Waals surface area contributed by atoms with Crippen LogP contribution in [0.15, 0.2) is 18.2 Å². The highest BCUT2D eigenvalue weighted by Crippen LogP contribution is 2.29. The minimum atomic E-state index is -0.385. The minimum absolute atomic E-state index is 0.0815. The van der Waals surface area contributed by atoms with Crippen LogP contribution in [0.25, 0.3) is 0 Å². The van der Waals surface area contributed by atoms with Crippen molar-refractivity contribution in [3.05, 3.63) is 33.9 Å². The Kier molecular flexibility index (Phi) is 5.09. The van der Waals surface area contributed by atoms with E-state index in [9.17, 15) is 10.1 Å². The zero-order valence-electron chi connectivity index (χ0n) is 11.1. The maximum absolute atomic E-state index is 11.0. The van der Waals surface area contributed by atoms with Crippen molar-refractivity contribution in [3.63, 3.8) is 0 Å². The number of aliphatic hydroxyl groups is 1. The molecule has 18 heavy (non-hydrogen) atoms. The van der Waals surface area contributed by atoms with Gasteiger partial charge in [0.25, 0.3) is 5.69 Å². The van der Waals surface area contributed by atoms with E-state index in [1.54, 1.807) is 12.1 Å². The predicted molar refractivity (Wildman–Crippen MR) is 71.7 cm³/mol. The van der Waals surface area contributed by atoms with Gasteiger partial charge >= 0.3 is 0 Å². The molecule has 5 heteroatoms. The first-order chi connectivity index (χ1) is 8.49. The summed E-state index contributed by atoms with van der Waals surface area (Å²) in [5.74, 6) is 0.465. The van der Waals surface area contributed by atoms with Gasteiger partial charge in [0, 0.05) is 19.7 Å². The van der Waals surface area contributed by atoms with Crippen molar-refractivity contribution < 1.29 is 10.0 Å². The van der Waals surface area contributed by atoms with Crippen LogP contribution in [0, 0.1) is 16.0 Å². The lowest BCUT2D eigenvalue weighted by Gasteiger charge is -2.23. The summed E-state index contributed by atoms with van der Waals surface area (Å²) in [7, 11) is 1.84. The Bertz CT molecular complexity index is 421. The highest BCUT2D eigenvalue weighted by molar-refractivity contribution is 5.64. The van der Waals surface area contributed by atoms with E-state index in [2.05, 4.69) is 13.8 Å². The summed E-state index contributed by atoms with van der Waals surface area (Å²) in [4.78, 5) is 12.5. The number of benzene rings is 1. The first-order valence-corrected chi connectivity index (χ1v) is 6.08. The maximum atomic E-state index is 11.0. The lowest BCUT2D eigenvalue weighted by Crippen LogP contribution is -2.24. The van der Waals surface area contributed by atoms with Crippen LogP contribution in [0.3, 0.4) is 0 Å². The number of nitro benzene ring substituents is 1. The van der Waals surface area contributed by atoms with Crippen molar-refractivity contribution in [2.24, 2.45) is 5.92 Å². The summed E-state index contributed by atoms with van der Waals surface area (Å²) in [5, 5.41) is 20.1. The number of hydrogen-bond donors (Lipinski definition) is 1. The summed E-state index contributed by atoms with van der Waals surface area (Å²) in [6.07, 6.45) is 1.03. The fourth-order valence-corrected chi connectivity index (χ4v) is 1.82. The Hall–Kier alpha value is -1.62. The molecule has 1 unspecified atom stereocenters. The van der Waals surface area contributed by atoms with Gasteiger partial charge in [-0.1, -0.05) is 20.3 Å². The molecule has 5 nitrogen and oxygen atoms in total. The molecule has 0 heterocycles. The van der Waals surface area contributed by atoms with Gasteiger partial charge in [-0.25, -0.2) is 0 Å². The summed E-state index contributed by atoms with van der Waals surface area (Å²) in [5.41, 5.74) is 1.33. The van der Waals surface area contributed by atoms with Gasteiger partial charge in [0.2, 0.25) is 0 Å². The third-order valence-corrected chi connectivity index (χ3v) is 3.11. The van der Waals surface area contributed by atoms with Gasteiger partial charge in [-0.05, 0) is 23.6 Å². The van der Waals surface area contributed by atoms with Crippen molar-refractivity contribution in [2.45, 2.75) is 26.9 Å². The van der Waals surface area contributed by atoms with Crippen LogP contribution >= 0.6 is 0 Å². The summed E-state index contributed by atoms with van der Waals surface area (Å²) < 4.78 is 0. The molecule has 0 radical (unpaired) electrons. The van der Waals surface area contributed by atoms with Crippen LogP contribution in [0.2, 0.25) is 0 Å². The Morgan fingerprint density at radius 2 is 2.17 bits per heavy atom. The van der Waals surface area contributed by atoms with Gasteiger partial charge in [-0.3, -0.25) is 10.1 Å². The second-order valence-electron chi connectivity index (χ2n) is 4.63. The Balaban J connectivity index is 3.06. The van der Waals surface area contributed by atoms with Crippen molar-refractivity contribution in [3.8, 4) is 0 Å². The molecule has 1 N–H and O–H groups in total. The van der Waals surface area contributed by atoms with Crippen LogP contribution in [0.5, 0.6) is 0 Å². The van der Waals surface area contributed by atoms with Crippen molar-refractivity contribution >= 4 is 11.4 Å². The van der Waals surface area contributed by atoms with Crippen molar-refractivity contribution in [1.82, 2.24) is 0 Å². The van der Waals surface area contributed by atoms with Crippen molar-refractivity contribution in [2.75, 3.05) is 18.5 Å². The average Bonchev–Trinajstić information content (AvgIpc) is 2.37. The first-order valence-electron chi connectivity index (χ1n) is 6.08. The summed E-state index contributed by atoms with van der Waals surface area (Å²) in [6, 6.07) is 4.72. The van der Waals surface area contributed by atoms with E-state index in [1.807, 2.05) is 11.9 Å². The van der Waals surface area contributed by atoms with Gasteiger partial charge in [0.05, 0.1) is 11.5 Å². The molecule has 1 aromatic rings. The number of hydrogen-bond acceptors (Lipinski definition) is 4. The lowest BCUT2D eigenvalue weighted by molar-refractivity contribution is -0.384. The van der Waals surface area contributed by atoms with E-state index in [0.29, 0.717) is 17.2 Å². The molecule has 0 aliphatic heterocycles. The van der Waals surface area contributed by atoms with Gasteiger partial charge in [0.15, 0.2) is 0 Å². The SMILES string of the molecule is CCC(C)CN(C)c1cc(CO)ccc1[N+](=O)[O-]. The van der Waals surface area contributed by atoms with E-state index in [4.69, 9.17) is 5.11 Å². The lowest BCUT2D eigenvalue weighted by atomic mass is 10.1. The van der Waals surface area contributed by atoms with Crippen molar-refractivity contribution in [1.29, 1.82) is 0 Å². The molecular formula is C13H20N2O3. The Labute approximate surface area is 107 Å². The second-order valence-corrected chi connectivity index (χ2v) is 4.63. The number of rotatable bonds is 6. The van der Waals surface area contributed by atoms with Crippen LogP contribution in [0.4, 0.5) is 11.4 Å². The standard InChI is InChI=1S/C13H20N2O3/c1-4-10(2)8-14(3)13-7-11(9-16)5-6-12(13)15(17)18/h5-7,10,16H,4,8-9H2,1-3H3. The molecule has 1 aromatic carbocycles. The molecule has 0 bridgehead atoms. The monoisotopic (exact) mass is 252 g/mol. The second kappa shape index (κ2) is 6.35. The third kappa shape index (κ3) is 3.43. The molecule has 0 spiro atoms. The highest BCUT2D eigenvalue weighted by atomic mass is 16.6. The van der Waals surface area contributed by atoms with Gasteiger partial charge in [-0.2, -0.15) is 0 Å². The quantitative estimate of drug-likeness (QED) is 0.624. The molecule has 0 amide bonds. The molecule has 0 aliphatic carbocycles. The molecule has 1 rings (SSSR count). The van der Waals surface area contributed by atoms with E-state index in [0.717, 1.165) is 13.0 Å². The third-order valence-electron chi connectivity index (χ3n) is 3.11. The molecule has 0 fully saturated rings. The van der Waals surface area contributed by atoms with Crippen LogP contribution in [-0.4, -0.2) is 23.6 Å². The average molecular weight is 252 g/mol. The van der Waals surface area contributed by atoms with Crippen LogP contribution in [-0.2, 0) is 6.61 Å². The van der Waals surface area contributed by atoms with Crippen LogP contribution in [0.1, 0.15) is 25.8 Å². The number of nitrogens with zero attached hydrogens (tertiary/aromatic N) is 2. The topological polar surface area (TPSA) is 66.6 Å². The molecule has 0 aromatic heterocycles.